The van der Waals surface area contributed by atoms with Gasteiger partial charge in [0.1, 0.15) is 5.75 Å². The third-order valence-electron chi connectivity index (χ3n) is 3.69. The zero-order valence-corrected chi connectivity index (χ0v) is 13.5. The molecule has 2 rings (SSSR count). The summed E-state index contributed by atoms with van der Waals surface area (Å²) in [4.78, 5) is 0. The number of nitrogens with one attached hydrogen (secondary N) is 1. The van der Waals surface area contributed by atoms with Gasteiger partial charge in [-0.3, -0.25) is 0 Å². The van der Waals surface area contributed by atoms with E-state index in [1.54, 1.807) is 0 Å². The van der Waals surface area contributed by atoms with Crippen LogP contribution < -0.4 is 10.1 Å². The molecule has 0 heterocycles. The Morgan fingerprint density at radius 3 is 2.74 bits per heavy atom. The van der Waals surface area contributed by atoms with E-state index in [1.807, 2.05) is 0 Å². The van der Waals surface area contributed by atoms with Crippen LogP contribution in [0.15, 0.2) is 22.7 Å². The highest BCUT2D eigenvalue weighted by Crippen LogP contribution is 2.31. The summed E-state index contributed by atoms with van der Waals surface area (Å²) < 4.78 is 7.16. The topological polar surface area (TPSA) is 21.3 Å². The highest BCUT2D eigenvalue weighted by atomic mass is 79.9. The molecule has 1 aromatic rings. The van der Waals surface area contributed by atoms with Crippen molar-refractivity contribution in [1.29, 1.82) is 0 Å². The van der Waals surface area contributed by atoms with Crippen molar-refractivity contribution in [1.82, 2.24) is 5.32 Å². The standard InChI is InChI=1S/C16H24BrNO/c1-12(2)18-10-14-8-5-9-15(17)16(14)19-11-13-6-3-4-7-13/h5,8-9,12-13,18H,3-4,6-7,10-11H2,1-2H3. The molecular weight excluding hydrogens is 302 g/mol. The summed E-state index contributed by atoms with van der Waals surface area (Å²) >= 11 is 3.61. The van der Waals surface area contributed by atoms with Gasteiger partial charge in [-0.1, -0.05) is 38.8 Å². The normalized spacial score (nSPS) is 16.2. The first-order valence-electron chi connectivity index (χ1n) is 7.30. The van der Waals surface area contributed by atoms with Crippen LogP contribution in [0, 0.1) is 5.92 Å². The molecule has 1 N–H and O–H groups in total. The molecule has 0 bridgehead atoms. The van der Waals surface area contributed by atoms with Gasteiger partial charge in [0, 0.05) is 18.2 Å². The molecule has 1 aromatic carbocycles. The van der Waals surface area contributed by atoms with Crippen LogP contribution in [0.1, 0.15) is 45.1 Å². The highest BCUT2D eigenvalue weighted by Gasteiger charge is 2.17. The lowest BCUT2D eigenvalue weighted by atomic mass is 10.1. The maximum Gasteiger partial charge on any atom is 0.137 e. The monoisotopic (exact) mass is 325 g/mol. The molecule has 1 saturated carbocycles. The summed E-state index contributed by atoms with van der Waals surface area (Å²) in [5, 5.41) is 3.46. The molecule has 0 amide bonds. The number of hydrogen-bond donors (Lipinski definition) is 1. The molecule has 0 aromatic heterocycles. The van der Waals surface area contributed by atoms with Gasteiger partial charge >= 0.3 is 0 Å². The number of benzene rings is 1. The van der Waals surface area contributed by atoms with Crippen molar-refractivity contribution < 1.29 is 4.74 Å². The molecule has 0 aliphatic heterocycles. The van der Waals surface area contributed by atoms with Gasteiger partial charge in [-0.15, -0.1) is 0 Å². The molecule has 3 heteroatoms. The van der Waals surface area contributed by atoms with Crippen molar-refractivity contribution in [2.24, 2.45) is 5.92 Å². The van der Waals surface area contributed by atoms with Gasteiger partial charge in [-0.2, -0.15) is 0 Å². The van der Waals surface area contributed by atoms with E-state index < -0.39 is 0 Å². The van der Waals surface area contributed by atoms with Crippen LogP contribution in [0.4, 0.5) is 0 Å². The Bertz CT molecular complexity index is 400. The Balaban J connectivity index is 1.99. The summed E-state index contributed by atoms with van der Waals surface area (Å²) in [5.74, 6) is 1.76. The van der Waals surface area contributed by atoms with Crippen molar-refractivity contribution in [2.45, 2.75) is 52.1 Å². The third-order valence-corrected chi connectivity index (χ3v) is 4.31. The van der Waals surface area contributed by atoms with Gasteiger partial charge in [0.2, 0.25) is 0 Å². The highest BCUT2D eigenvalue weighted by molar-refractivity contribution is 9.10. The molecule has 0 unspecified atom stereocenters. The summed E-state index contributed by atoms with van der Waals surface area (Å²) in [5.41, 5.74) is 1.24. The number of hydrogen-bond acceptors (Lipinski definition) is 2. The summed E-state index contributed by atoms with van der Waals surface area (Å²) in [7, 11) is 0. The molecule has 1 aliphatic rings. The number of para-hydroxylation sites is 1. The van der Waals surface area contributed by atoms with Crippen LogP contribution >= 0.6 is 15.9 Å². The van der Waals surface area contributed by atoms with Crippen molar-refractivity contribution in [3.63, 3.8) is 0 Å². The maximum absolute atomic E-state index is 6.10. The van der Waals surface area contributed by atoms with Crippen LogP contribution in [0.5, 0.6) is 5.75 Å². The average molecular weight is 326 g/mol. The van der Waals surface area contributed by atoms with Crippen LogP contribution in [-0.2, 0) is 6.54 Å². The molecule has 1 fully saturated rings. The second kappa shape index (κ2) is 7.30. The number of halogens is 1. The Morgan fingerprint density at radius 2 is 2.05 bits per heavy atom. The first-order valence-corrected chi connectivity index (χ1v) is 8.09. The van der Waals surface area contributed by atoms with Crippen LogP contribution in [0.3, 0.4) is 0 Å². The molecule has 19 heavy (non-hydrogen) atoms. The Morgan fingerprint density at radius 1 is 1.32 bits per heavy atom. The van der Waals surface area contributed by atoms with E-state index in [2.05, 4.69) is 53.3 Å². The van der Waals surface area contributed by atoms with Crippen molar-refractivity contribution >= 4 is 15.9 Å². The van der Waals surface area contributed by atoms with E-state index in [0.29, 0.717) is 6.04 Å². The zero-order chi connectivity index (χ0) is 13.7. The minimum Gasteiger partial charge on any atom is -0.492 e. The van der Waals surface area contributed by atoms with Crippen molar-refractivity contribution in [3.8, 4) is 5.75 Å². The lowest BCUT2D eigenvalue weighted by molar-refractivity contribution is 0.248. The number of ether oxygens (including phenoxy) is 1. The van der Waals surface area contributed by atoms with Crippen molar-refractivity contribution in [3.05, 3.63) is 28.2 Å². The van der Waals surface area contributed by atoms with E-state index >= 15 is 0 Å². The Hall–Kier alpha value is -0.540. The van der Waals surface area contributed by atoms with Gasteiger partial charge in [0.15, 0.2) is 0 Å². The largest absolute Gasteiger partial charge is 0.492 e. The molecule has 0 atom stereocenters. The van der Waals surface area contributed by atoms with E-state index in [4.69, 9.17) is 4.74 Å². The lowest BCUT2D eigenvalue weighted by Gasteiger charge is -2.17. The van der Waals surface area contributed by atoms with E-state index in [-0.39, 0.29) is 0 Å². The fourth-order valence-corrected chi connectivity index (χ4v) is 3.07. The molecule has 106 valence electrons. The van der Waals surface area contributed by atoms with E-state index in [0.717, 1.165) is 29.3 Å². The molecular formula is C16H24BrNO. The number of rotatable bonds is 6. The SMILES string of the molecule is CC(C)NCc1cccc(Br)c1OCC1CCCC1. The predicted molar refractivity (Wildman–Crippen MR) is 83.6 cm³/mol. The quantitative estimate of drug-likeness (QED) is 0.830. The second-order valence-corrected chi connectivity index (χ2v) is 6.58. The minimum atomic E-state index is 0.488. The fourth-order valence-electron chi connectivity index (χ4n) is 2.55. The second-order valence-electron chi connectivity index (χ2n) is 5.73. The van der Waals surface area contributed by atoms with Gasteiger partial charge < -0.3 is 10.1 Å². The molecule has 0 radical (unpaired) electrons. The molecule has 2 nitrogen and oxygen atoms in total. The summed E-state index contributed by atoms with van der Waals surface area (Å²) in [6.07, 6.45) is 5.38. The van der Waals surface area contributed by atoms with E-state index in [1.165, 1.54) is 31.2 Å². The van der Waals surface area contributed by atoms with Gasteiger partial charge in [-0.05, 0) is 40.8 Å². The first-order chi connectivity index (χ1) is 9.16. The lowest BCUT2D eigenvalue weighted by Crippen LogP contribution is -2.22. The van der Waals surface area contributed by atoms with Gasteiger partial charge in [0.25, 0.3) is 0 Å². The summed E-state index contributed by atoms with van der Waals surface area (Å²) in [6.45, 7) is 6.04. The smallest absolute Gasteiger partial charge is 0.137 e. The Labute approximate surface area is 125 Å². The predicted octanol–water partition coefficient (Wildman–Crippen LogP) is 4.52. The maximum atomic E-state index is 6.10. The zero-order valence-electron chi connectivity index (χ0n) is 11.9. The van der Waals surface area contributed by atoms with Crippen LogP contribution in [-0.4, -0.2) is 12.6 Å². The molecule has 0 saturated heterocycles. The van der Waals surface area contributed by atoms with Crippen molar-refractivity contribution in [2.75, 3.05) is 6.61 Å². The minimum absolute atomic E-state index is 0.488. The molecule has 1 aliphatic carbocycles. The van der Waals surface area contributed by atoms with Crippen LogP contribution in [0.2, 0.25) is 0 Å². The van der Waals surface area contributed by atoms with E-state index in [9.17, 15) is 0 Å². The third kappa shape index (κ3) is 4.50. The average Bonchev–Trinajstić information content (AvgIpc) is 2.88. The van der Waals surface area contributed by atoms with Gasteiger partial charge in [-0.25, -0.2) is 0 Å². The van der Waals surface area contributed by atoms with Crippen LogP contribution in [0.25, 0.3) is 0 Å². The first kappa shape index (κ1) is 14.9. The van der Waals surface area contributed by atoms with Gasteiger partial charge in [0.05, 0.1) is 11.1 Å². The summed E-state index contributed by atoms with van der Waals surface area (Å²) in [6, 6.07) is 6.76. The fraction of sp³-hybridized carbons (Fsp3) is 0.625. The Kier molecular flexibility index (Phi) is 5.71. The molecule has 0 spiro atoms.